The van der Waals surface area contributed by atoms with E-state index in [1.807, 2.05) is 81.9 Å². The molecule has 11 nitrogen and oxygen atoms in total. The van der Waals surface area contributed by atoms with E-state index >= 15 is 0 Å². The normalized spacial score (nSPS) is 16.7. The topological polar surface area (TPSA) is 141 Å². The number of H-pyrrole nitrogens is 1. The first-order valence-electron chi connectivity index (χ1n) is 16.9. The molecule has 1 aliphatic rings. The molecule has 0 amide bonds. The largest absolute Gasteiger partial charge is 0.490 e. The molecule has 2 N–H and O–H groups in total. The van der Waals surface area contributed by atoms with Gasteiger partial charge in [0.15, 0.2) is 5.82 Å². The third-order valence-electron chi connectivity index (χ3n) is 9.45. The Morgan fingerprint density at radius 3 is 2.33 bits per heavy atom. The predicted molar refractivity (Wildman–Crippen MR) is 186 cm³/mol. The first-order chi connectivity index (χ1) is 23.7. The molecule has 11 heteroatoms. The van der Waals surface area contributed by atoms with Gasteiger partial charge in [-0.1, -0.05) is 79.2 Å². The van der Waals surface area contributed by atoms with Gasteiger partial charge in [-0.3, -0.25) is 18.9 Å². The van der Waals surface area contributed by atoms with Crippen LogP contribution in [-0.4, -0.2) is 40.5 Å². The third-order valence-corrected chi connectivity index (χ3v) is 9.45. The Hall–Kier alpha value is -5.29. The van der Waals surface area contributed by atoms with Crippen molar-refractivity contribution in [2.45, 2.75) is 83.5 Å². The minimum Gasteiger partial charge on any atom is -0.490 e. The molecule has 0 radical (unpaired) electrons. The van der Waals surface area contributed by atoms with Gasteiger partial charge in [-0.05, 0) is 80.3 Å². The van der Waals surface area contributed by atoms with E-state index in [9.17, 15) is 14.7 Å². The zero-order valence-electron chi connectivity index (χ0n) is 27.9. The van der Waals surface area contributed by atoms with Crippen LogP contribution in [0.15, 0.2) is 93.2 Å². The van der Waals surface area contributed by atoms with Crippen molar-refractivity contribution in [2.75, 3.05) is 0 Å². The molecular weight excluding hydrogens is 620 g/mol. The molecular formula is C38H40N6O5. The fourth-order valence-corrected chi connectivity index (χ4v) is 6.93. The monoisotopic (exact) mass is 660 g/mol. The summed E-state index contributed by atoms with van der Waals surface area (Å²) >= 11 is 0. The standard InChI is InChI=1S/C38H40N6O5/c1-4-7-33-32(22-24-10-12-25(13-11-24)30-8-5-6-9-31(30)34-41-37(46)49-42-34)35(45)43(36-39-23-40-44(33)36)27-16-20-29(21-17-27)48-28-18-14-26(15-19-28)38(2,3)47/h5-6,8-15,18-19,23,27,29,47H,4,7,16-17,20-22H2,1-3H3,(H,41,42,46). The average Bonchev–Trinajstić information content (AvgIpc) is 3.77. The Kier molecular flexibility index (Phi) is 8.77. The minimum absolute atomic E-state index is 0.0140. The molecule has 7 rings (SSSR count). The maximum atomic E-state index is 14.4. The van der Waals surface area contributed by atoms with Gasteiger partial charge in [0.05, 0.1) is 17.4 Å². The highest BCUT2D eigenvalue weighted by atomic mass is 16.5. The Morgan fingerprint density at radius 2 is 1.67 bits per heavy atom. The molecule has 0 bridgehead atoms. The highest BCUT2D eigenvalue weighted by Gasteiger charge is 2.29. The molecule has 3 heterocycles. The fourth-order valence-electron chi connectivity index (χ4n) is 6.93. The van der Waals surface area contributed by atoms with Gasteiger partial charge in [0.25, 0.3) is 5.56 Å². The summed E-state index contributed by atoms with van der Waals surface area (Å²) in [6.07, 6.45) is 6.79. The molecule has 0 unspecified atom stereocenters. The number of nitrogens with one attached hydrogen (secondary N) is 1. The third kappa shape index (κ3) is 6.58. The summed E-state index contributed by atoms with van der Waals surface area (Å²) in [7, 11) is 0. The van der Waals surface area contributed by atoms with Gasteiger partial charge in [-0.2, -0.15) is 10.1 Å². The molecule has 0 aliphatic heterocycles. The highest BCUT2D eigenvalue weighted by Crippen LogP contribution is 2.33. The fraction of sp³-hybridized carbons (Fsp3) is 0.342. The van der Waals surface area contributed by atoms with E-state index in [0.29, 0.717) is 24.4 Å². The molecule has 6 aromatic rings. The summed E-state index contributed by atoms with van der Waals surface area (Å²) in [5.74, 6) is 1.13. The van der Waals surface area contributed by atoms with Crippen LogP contribution in [0.1, 0.15) is 81.3 Å². The lowest BCUT2D eigenvalue weighted by Crippen LogP contribution is -2.35. The van der Waals surface area contributed by atoms with Crippen LogP contribution < -0.4 is 16.1 Å². The van der Waals surface area contributed by atoms with Crippen molar-refractivity contribution < 1.29 is 14.4 Å². The smallest absolute Gasteiger partial charge is 0.439 e. The van der Waals surface area contributed by atoms with E-state index < -0.39 is 11.4 Å². The van der Waals surface area contributed by atoms with E-state index in [-0.39, 0.29) is 17.7 Å². The lowest BCUT2D eigenvalue weighted by atomic mass is 9.92. The zero-order chi connectivity index (χ0) is 34.1. The number of fused-ring (bicyclic) bond motifs is 1. The van der Waals surface area contributed by atoms with Crippen LogP contribution in [0.25, 0.3) is 28.3 Å². The number of aryl methyl sites for hydroxylation is 1. The van der Waals surface area contributed by atoms with E-state index in [2.05, 4.69) is 27.1 Å². The van der Waals surface area contributed by atoms with Crippen molar-refractivity contribution in [3.63, 3.8) is 0 Å². The number of hydrogen-bond acceptors (Lipinski definition) is 8. The van der Waals surface area contributed by atoms with E-state index in [1.165, 1.54) is 6.33 Å². The van der Waals surface area contributed by atoms with Gasteiger partial charge in [0.2, 0.25) is 5.78 Å². The Labute approximate surface area is 283 Å². The second kappa shape index (κ2) is 13.3. The molecule has 1 saturated carbocycles. The van der Waals surface area contributed by atoms with Crippen LogP contribution in [0.5, 0.6) is 5.75 Å². The Bertz CT molecular complexity index is 2180. The number of aromatic amines is 1. The van der Waals surface area contributed by atoms with Gasteiger partial charge >= 0.3 is 5.76 Å². The van der Waals surface area contributed by atoms with Gasteiger partial charge in [0.1, 0.15) is 12.1 Å². The molecule has 3 aromatic carbocycles. The van der Waals surface area contributed by atoms with E-state index in [1.54, 1.807) is 13.8 Å². The quantitative estimate of drug-likeness (QED) is 0.176. The van der Waals surface area contributed by atoms with Gasteiger partial charge in [-0.15, -0.1) is 0 Å². The SMILES string of the molecule is CCCc1c(Cc2ccc(-c3ccccc3-c3noc(=O)[nH]3)cc2)c(=O)n(C2CCC(Oc3ccc(C(C)(C)O)cc3)CC2)c2ncnn12. The van der Waals surface area contributed by atoms with Crippen LogP contribution >= 0.6 is 0 Å². The zero-order valence-corrected chi connectivity index (χ0v) is 27.9. The highest BCUT2D eigenvalue weighted by molar-refractivity contribution is 5.80. The molecule has 49 heavy (non-hydrogen) atoms. The summed E-state index contributed by atoms with van der Waals surface area (Å²) < 4.78 is 14.8. The van der Waals surface area contributed by atoms with Crippen LogP contribution in [-0.2, 0) is 18.4 Å². The Balaban J connectivity index is 1.14. The molecule has 1 aliphatic carbocycles. The Morgan fingerprint density at radius 1 is 0.959 bits per heavy atom. The van der Waals surface area contributed by atoms with Crippen LogP contribution in [0.3, 0.4) is 0 Å². The van der Waals surface area contributed by atoms with Crippen molar-refractivity contribution in [2.24, 2.45) is 0 Å². The number of benzene rings is 3. The average molecular weight is 661 g/mol. The van der Waals surface area contributed by atoms with Crippen molar-refractivity contribution in [3.8, 4) is 28.3 Å². The van der Waals surface area contributed by atoms with Crippen LogP contribution in [0.2, 0.25) is 0 Å². The van der Waals surface area contributed by atoms with Gasteiger partial charge < -0.3 is 9.84 Å². The van der Waals surface area contributed by atoms with Gasteiger partial charge in [-0.25, -0.2) is 9.31 Å². The second-order valence-electron chi connectivity index (χ2n) is 13.3. The summed E-state index contributed by atoms with van der Waals surface area (Å²) in [6.45, 7) is 5.64. The molecule has 0 atom stereocenters. The lowest BCUT2D eigenvalue weighted by molar-refractivity contribution is 0.0784. The van der Waals surface area contributed by atoms with Crippen molar-refractivity contribution in [3.05, 3.63) is 122 Å². The molecule has 0 saturated heterocycles. The number of aliphatic hydroxyl groups is 1. The maximum Gasteiger partial charge on any atom is 0.439 e. The number of rotatable bonds is 10. The first kappa shape index (κ1) is 32.3. The second-order valence-corrected chi connectivity index (χ2v) is 13.3. The van der Waals surface area contributed by atoms with Crippen molar-refractivity contribution in [1.29, 1.82) is 0 Å². The number of nitrogens with zero attached hydrogens (tertiary/aromatic N) is 5. The summed E-state index contributed by atoms with van der Waals surface area (Å²) in [5.41, 5.74) is 5.17. The predicted octanol–water partition coefficient (Wildman–Crippen LogP) is 6.23. The molecule has 1 fully saturated rings. The summed E-state index contributed by atoms with van der Waals surface area (Å²) in [6, 6.07) is 23.4. The minimum atomic E-state index is -0.902. The lowest BCUT2D eigenvalue weighted by Gasteiger charge is -2.31. The maximum absolute atomic E-state index is 14.4. The molecule has 252 valence electrons. The van der Waals surface area contributed by atoms with Crippen molar-refractivity contribution >= 4 is 5.78 Å². The van der Waals surface area contributed by atoms with Gasteiger partial charge in [0, 0.05) is 23.6 Å². The van der Waals surface area contributed by atoms with Crippen molar-refractivity contribution in [1.82, 2.24) is 29.3 Å². The molecule has 0 spiro atoms. The summed E-state index contributed by atoms with van der Waals surface area (Å²) in [4.78, 5) is 33.3. The van der Waals surface area contributed by atoms with E-state index in [0.717, 1.165) is 76.9 Å². The molecule has 3 aromatic heterocycles. The van der Waals surface area contributed by atoms with E-state index in [4.69, 9.17) is 9.26 Å². The number of hydrogen-bond donors (Lipinski definition) is 2. The van der Waals surface area contributed by atoms with Crippen LogP contribution in [0, 0.1) is 0 Å². The van der Waals surface area contributed by atoms with Crippen LogP contribution in [0.4, 0.5) is 0 Å². The number of aromatic nitrogens is 6. The first-order valence-corrected chi connectivity index (χ1v) is 16.9. The summed E-state index contributed by atoms with van der Waals surface area (Å²) in [5, 5.41) is 18.7. The number of ether oxygens (including phenoxy) is 1.